The molecule has 0 atom stereocenters. The summed E-state index contributed by atoms with van der Waals surface area (Å²) >= 11 is 0. The van der Waals surface area contributed by atoms with Crippen molar-refractivity contribution in [2.45, 2.75) is 18.6 Å². The second kappa shape index (κ2) is 7.45. The summed E-state index contributed by atoms with van der Waals surface area (Å²) in [6.07, 6.45) is 2.52. The quantitative estimate of drug-likeness (QED) is 0.661. The molecule has 0 fully saturated rings. The molecule has 0 saturated carbocycles. The summed E-state index contributed by atoms with van der Waals surface area (Å²) in [4.78, 5) is 4.30. The molecule has 4 nitrogen and oxygen atoms in total. The number of nitrogens with zero attached hydrogens (tertiary/aromatic N) is 1. The Bertz CT molecular complexity index is 871. The van der Waals surface area contributed by atoms with Gasteiger partial charge in [0, 0.05) is 6.42 Å². The van der Waals surface area contributed by atoms with E-state index in [-0.39, 0.29) is 11.5 Å². The fourth-order valence-corrected chi connectivity index (χ4v) is 3.76. The first-order valence-electron chi connectivity index (χ1n) is 7.82. The first-order chi connectivity index (χ1) is 11.6. The Balaban J connectivity index is 1.59. The van der Waals surface area contributed by atoms with E-state index >= 15 is 0 Å². The highest BCUT2D eigenvalue weighted by atomic mass is 32.2. The van der Waals surface area contributed by atoms with Gasteiger partial charge in [-0.05, 0) is 17.5 Å². The van der Waals surface area contributed by atoms with Crippen molar-refractivity contribution in [2.75, 3.05) is 5.75 Å². The van der Waals surface area contributed by atoms with E-state index in [0.29, 0.717) is 24.4 Å². The van der Waals surface area contributed by atoms with Crippen LogP contribution in [0.5, 0.6) is 0 Å². The monoisotopic (exact) mass is 341 g/mol. The van der Waals surface area contributed by atoms with Crippen LogP contribution in [-0.2, 0) is 28.4 Å². The topological polar surface area (TPSA) is 60.2 Å². The van der Waals surface area contributed by atoms with Crippen LogP contribution in [-0.4, -0.2) is 19.2 Å². The molecular weight excluding hydrogens is 322 g/mol. The van der Waals surface area contributed by atoms with Gasteiger partial charge in [-0.25, -0.2) is 13.4 Å². The number of rotatable bonds is 7. The van der Waals surface area contributed by atoms with Gasteiger partial charge in [-0.15, -0.1) is 0 Å². The zero-order valence-corrected chi connectivity index (χ0v) is 14.1. The standard InChI is InChI=1S/C19H19NO3S/c21-24(22,12-11-16-7-3-1-4-8-16)15-18-14-23-19(20-18)13-17-9-5-2-6-10-17/h1-10,14H,11-13,15H2. The molecule has 1 aromatic heterocycles. The smallest absolute Gasteiger partial charge is 0.198 e. The molecule has 0 N–H and O–H groups in total. The van der Waals surface area contributed by atoms with Crippen molar-refractivity contribution in [3.8, 4) is 0 Å². The van der Waals surface area contributed by atoms with Crippen molar-refractivity contribution in [2.24, 2.45) is 0 Å². The maximum Gasteiger partial charge on any atom is 0.198 e. The van der Waals surface area contributed by atoms with Gasteiger partial charge in [0.2, 0.25) is 0 Å². The minimum Gasteiger partial charge on any atom is -0.448 e. The predicted molar refractivity (Wildman–Crippen MR) is 93.4 cm³/mol. The number of sulfone groups is 1. The van der Waals surface area contributed by atoms with E-state index < -0.39 is 9.84 Å². The second-order valence-corrected chi connectivity index (χ2v) is 7.91. The minimum absolute atomic E-state index is 0.0852. The van der Waals surface area contributed by atoms with Gasteiger partial charge in [0.15, 0.2) is 15.7 Å². The van der Waals surface area contributed by atoms with Crippen molar-refractivity contribution >= 4 is 9.84 Å². The molecule has 0 amide bonds. The normalized spacial score (nSPS) is 11.5. The van der Waals surface area contributed by atoms with Gasteiger partial charge in [0.1, 0.15) is 6.26 Å². The Labute approximate surface area is 142 Å². The number of hydrogen-bond donors (Lipinski definition) is 0. The highest BCUT2D eigenvalue weighted by Crippen LogP contribution is 2.12. The molecule has 0 bridgehead atoms. The second-order valence-electron chi connectivity index (χ2n) is 5.72. The Morgan fingerprint density at radius 3 is 2.17 bits per heavy atom. The molecule has 0 aliphatic rings. The molecule has 124 valence electrons. The summed E-state index contributed by atoms with van der Waals surface area (Å²) in [6.45, 7) is 0. The Kier molecular flexibility index (Phi) is 5.11. The SMILES string of the molecule is O=S(=O)(CCc1ccccc1)Cc1coc(Cc2ccccc2)n1. The molecule has 5 heteroatoms. The first-order valence-corrected chi connectivity index (χ1v) is 9.64. The maximum atomic E-state index is 12.3. The van der Waals surface area contributed by atoms with Gasteiger partial charge >= 0.3 is 0 Å². The number of oxazole rings is 1. The van der Waals surface area contributed by atoms with E-state index in [4.69, 9.17) is 4.42 Å². The van der Waals surface area contributed by atoms with E-state index in [1.807, 2.05) is 60.7 Å². The van der Waals surface area contributed by atoms with Gasteiger partial charge in [-0.2, -0.15) is 0 Å². The van der Waals surface area contributed by atoms with Crippen LogP contribution in [0.4, 0.5) is 0 Å². The lowest BCUT2D eigenvalue weighted by Crippen LogP contribution is -2.11. The van der Waals surface area contributed by atoms with Gasteiger partial charge in [0.05, 0.1) is 17.2 Å². The van der Waals surface area contributed by atoms with Crippen molar-refractivity contribution in [3.05, 3.63) is 89.6 Å². The summed E-state index contributed by atoms with van der Waals surface area (Å²) in [6, 6.07) is 19.4. The first kappa shape index (κ1) is 16.5. The van der Waals surface area contributed by atoms with Crippen molar-refractivity contribution in [3.63, 3.8) is 0 Å². The highest BCUT2D eigenvalue weighted by Gasteiger charge is 2.15. The molecule has 1 heterocycles. The van der Waals surface area contributed by atoms with Crippen molar-refractivity contribution < 1.29 is 12.8 Å². The zero-order valence-electron chi connectivity index (χ0n) is 13.3. The average molecular weight is 341 g/mol. The fourth-order valence-electron chi connectivity index (χ4n) is 2.48. The Morgan fingerprint density at radius 2 is 1.50 bits per heavy atom. The van der Waals surface area contributed by atoms with E-state index in [2.05, 4.69) is 4.98 Å². The Morgan fingerprint density at radius 1 is 0.875 bits per heavy atom. The maximum absolute atomic E-state index is 12.3. The summed E-state index contributed by atoms with van der Waals surface area (Å²) < 4.78 is 29.9. The van der Waals surface area contributed by atoms with Crippen molar-refractivity contribution in [1.82, 2.24) is 4.98 Å². The van der Waals surface area contributed by atoms with E-state index in [1.165, 1.54) is 6.26 Å². The number of aryl methyl sites for hydroxylation is 1. The zero-order chi connectivity index (χ0) is 16.8. The van der Waals surface area contributed by atoms with Crippen LogP contribution in [0.1, 0.15) is 22.7 Å². The highest BCUT2D eigenvalue weighted by molar-refractivity contribution is 7.90. The van der Waals surface area contributed by atoms with Gasteiger partial charge < -0.3 is 4.42 Å². The summed E-state index contributed by atoms with van der Waals surface area (Å²) in [7, 11) is -3.21. The summed E-state index contributed by atoms with van der Waals surface area (Å²) in [5.41, 5.74) is 2.57. The molecule has 24 heavy (non-hydrogen) atoms. The lowest BCUT2D eigenvalue weighted by atomic mass is 10.1. The molecular formula is C19H19NO3S. The lowest BCUT2D eigenvalue weighted by Gasteiger charge is -2.02. The van der Waals surface area contributed by atoms with Crippen LogP contribution in [0, 0.1) is 0 Å². The minimum atomic E-state index is -3.21. The van der Waals surface area contributed by atoms with Gasteiger partial charge in [-0.1, -0.05) is 60.7 Å². The van der Waals surface area contributed by atoms with Crippen LogP contribution in [0.3, 0.4) is 0 Å². The van der Waals surface area contributed by atoms with Crippen LogP contribution in [0.15, 0.2) is 71.3 Å². The third-order valence-corrected chi connectivity index (χ3v) is 5.27. The van der Waals surface area contributed by atoms with Crippen LogP contribution in [0.25, 0.3) is 0 Å². The molecule has 0 aliphatic heterocycles. The summed E-state index contributed by atoms with van der Waals surface area (Å²) in [5, 5.41) is 0. The third kappa shape index (κ3) is 4.80. The van der Waals surface area contributed by atoms with Crippen LogP contribution < -0.4 is 0 Å². The summed E-state index contributed by atoms with van der Waals surface area (Å²) in [5.74, 6) is 0.560. The van der Waals surface area contributed by atoms with E-state index in [1.54, 1.807) is 0 Å². The largest absolute Gasteiger partial charge is 0.448 e. The van der Waals surface area contributed by atoms with Crippen LogP contribution in [0.2, 0.25) is 0 Å². The number of hydrogen-bond acceptors (Lipinski definition) is 4. The fraction of sp³-hybridized carbons (Fsp3) is 0.211. The van der Waals surface area contributed by atoms with E-state index in [0.717, 1.165) is 11.1 Å². The Hall–Kier alpha value is -2.40. The van der Waals surface area contributed by atoms with Gasteiger partial charge in [0.25, 0.3) is 0 Å². The molecule has 3 rings (SSSR count). The molecule has 3 aromatic rings. The molecule has 0 aliphatic carbocycles. The molecule has 0 radical (unpaired) electrons. The number of benzene rings is 2. The van der Waals surface area contributed by atoms with Crippen molar-refractivity contribution in [1.29, 1.82) is 0 Å². The number of aromatic nitrogens is 1. The van der Waals surface area contributed by atoms with E-state index in [9.17, 15) is 8.42 Å². The molecule has 2 aromatic carbocycles. The molecule has 0 unspecified atom stereocenters. The van der Waals surface area contributed by atoms with Gasteiger partial charge in [-0.3, -0.25) is 0 Å². The van der Waals surface area contributed by atoms with Crippen LogP contribution >= 0.6 is 0 Å². The third-order valence-electron chi connectivity index (χ3n) is 3.71. The lowest BCUT2D eigenvalue weighted by molar-refractivity contribution is 0.506. The molecule has 0 saturated heterocycles. The predicted octanol–water partition coefficient (Wildman–Crippen LogP) is 3.42. The average Bonchev–Trinajstić information content (AvgIpc) is 3.01. The molecule has 0 spiro atoms.